The zero-order valence-corrected chi connectivity index (χ0v) is 20.8. The fourth-order valence-corrected chi connectivity index (χ4v) is 4.83. The number of anilines is 1. The molecular formula is C29H32FN3O3. The first-order valence-corrected chi connectivity index (χ1v) is 12.7. The molecule has 0 atom stereocenters. The molecule has 0 amide bonds. The zero-order chi connectivity index (χ0) is 24.9. The number of aromatic nitrogens is 1. The van der Waals surface area contributed by atoms with Crippen molar-refractivity contribution in [2.24, 2.45) is 0 Å². The number of halogens is 1. The van der Waals surface area contributed by atoms with E-state index in [-0.39, 0.29) is 5.82 Å². The lowest BCUT2D eigenvalue weighted by Gasteiger charge is -2.34. The first-order chi connectivity index (χ1) is 17.7. The lowest BCUT2D eigenvalue weighted by atomic mass is 9.99. The Balaban J connectivity index is 1.56. The molecule has 1 aromatic heterocycles. The first kappa shape index (κ1) is 24.1. The van der Waals surface area contributed by atoms with Crippen LogP contribution in [0.4, 0.5) is 10.4 Å². The zero-order valence-electron chi connectivity index (χ0n) is 20.8. The molecule has 5 rings (SSSR count). The van der Waals surface area contributed by atoms with Crippen molar-refractivity contribution in [2.45, 2.75) is 39.3 Å². The van der Waals surface area contributed by atoms with Crippen molar-refractivity contribution in [1.82, 2.24) is 10.3 Å². The third kappa shape index (κ3) is 5.16. The fraction of sp³-hybridized carbons (Fsp3) is 0.345. The molecule has 3 aromatic carbocycles. The minimum atomic E-state index is -0.276. The normalized spacial score (nSPS) is 14.2. The van der Waals surface area contributed by atoms with E-state index in [1.54, 1.807) is 12.1 Å². The molecule has 1 fully saturated rings. The maximum atomic E-state index is 13.6. The summed E-state index contributed by atoms with van der Waals surface area (Å²) in [4.78, 5) is 7.08. The first-order valence-electron chi connectivity index (χ1n) is 12.7. The van der Waals surface area contributed by atoms with Gasteiger partial charge in [0.2, 0.25) is 0 Å². The van der Waals surface area contributed by atoms with Crippen molar-refractivity contribution < 1.29 is 18.3 Å². The van der Waals surface area contributed by atoms with E-state index in [2.05, 4.69) is 22.3 Å². The van der Waals surface area contributed by atoms with Crippen LogP contribution in [0.5, 0.6) is 11.5 Å². The molecule has 4 aromatic rings. The van der Waals surface area contributed by atoms with Crippen molar-refractivity contribution in [3.05, 3.63) is 72.0 Å². The molecule has 0 bridgehead atoms. The predicted molar refractivity (Wildman–Crippen MR) is 140 cm³/mol. The monoisotopic (exact) mass is 489 g/mol. The van der Waals surface area contributed by atoms with Crippen molar-refractivity contribution in [3.8, 4) is 22.6 Å². The lowest BCUT2D eigenvalue weighted by molar-refractivity contribution is 0.324. The van der Waals surface area contributed by atoms with Crippen LogP contribution >= 0.6 is 0 Å². The second-order valence-electron chi connectivity index (χ2n) is 8.91. The van der Waals surface area contributed by atoms with E-state index in [0.717, 1.165) is 53.7 Å². The quantitative estimate of drug-likeness (QED) is 0.303. The van der Waals surface area contributed by atoms with Gasteiger partial charge in [0.15, 0.2) is 5.58 Å². The highest BCUT2D eigenvalue weighted by Crippen LogP contribution is 2.41. The topological polar surface area (TPSA) is 59.8 Å². The smallest absolute Gasteiger partial charge is 0.298 e. The lowest BCUT2D eigenvalue weighted by Crippen LogP contribution is -2.43. The molecule has 0 aliphatic carbocycles. The molecule has 36 heavy (non-hydrogen) atoms. The summed E-state index contributed by atoms with van der Waals surface area (Å²) in [7, 11) is 0. The van der Waals surface area contributed by atoms with Gasteiger partial charge in [-0.25, -0.2) is 4.39 Å². The number of rotatable bonds is 9. The number of oxazole rings is 1. The van der Waals surface area contributed by atoms with E-state index in [9.17, 15) is 4.39 Å². The fourth-order valence-electron chi connectivity index (χ4n) is 4.83. The Labute approximate surface area is 211 Å². The van der Waals surface area contributed by atoms with Crippen molar-refractivity contribution in [1.29, 1.82) is 0 Å². The van der Waals surface area contributed by atoms with E-state index >= 15 is 0 Å². The SMILES string of the molecule is CCOc1cc(CN(c2nc3ccccc3o2)C2CCNCC2)cc(OCC)c1-c1ccc(F)cc1. The van der Waals surface area contributed by atoms with Crippen LogP contribution in [-0.2, 0) is 6.54 Å². The minimum absolute atomic E-state index is 0.276. The van der Waals surface area contributed by atoms with Crippen LogP contribution in [0.1, 0.15) is 32.3 Å². The largest absolute Gasteiger partial charge is 0.493 e. The van der Waals surface area contributed by atoms with E-state index in [0.29, 0.717) is 43.3 Å². The summed E-state index contributed by atoms with van der Waals surface area (Å²) < 4.78 is 32.0. The molecule has 1 N–H and O–H groups in total. The molecule has 0 spiro atoms. The minimum Gasteiger partial charge on any atom is -0.493 e. The molecule has 1 saturated heterocycles. The molecular weight excluding hydrogens is 457 g/mol. The van der Waals surface area contributed by atoms with Crippen molar-refractivity contribution in [2.75, 3.05) is 31.2 Å². The average Bonchev–Trinajstić information content (AvgIpc) is 3.33. The van der Waals surface area contributed by atoms with Gasteiger partial charge in [-0.3, -0.25) is 0 Å². The summed E-state index contributed by atoms with van der Waals surface area (Å²) in [6, 6.07) is 19.3. The summed E-state index contributed by atoms with van der Waals surface area (Å²) in [5, 5.41) is 3.45. The number of hydrogen-bond acceptors (Lipinski definition) is 6. The van der Waals surface area contributed by atoms with Gasteiger partial charge in [0, 0.05) is 12.6 Å². The highest BCUT2D eigenvalue weighted by Gasteiger charge is 2.26. The molecule has 1 aliphatic heterocycles. The number of nitrogens with zero attached hydrogens (tertiary/aromatic N) is 2. The second kappa shape index (κ2) is 11.0. The molecule has 0 unspecified atom stereocenters. The Morgan fingerprint density at radius 1 is 0.972 bits per heavy atom. The van der Waals surface area contributed by atoms with Crippen molar-refractivity contribution >= 4 is 17.1 Å². The van der Waals surface area contributed by atoms with Gasteiger partial charge >= 0.3 is 0 Å². The number of ether oxygens (including phenoxy) is 2. The third-order valence-electron chi connectivity index (χ3n) is 6.49. The number of benzene rings is 3. The molecule has 0 saturated carbocycles. The Morgan fingerprint density at radius 2 is 1.64 bits per heavy atom. The predicted octanol–water partition coefficient (Wildman–Crippen LogP) is 6.19. The number of hydrogen-bond donors (Lipinski definition) is 1. The van der Waals surface area contributed by atoms with Crippen LogP contribution in [0.15, 0.2) is 65.1 Å². The van der Waals surface area contributed by atoms with Gasteiger partial charge in [-0.05, 0) is 87.3 Å². The number of para-hydroxylation sites is 2. The van der Waals surface area contributed by atoms with Gasteiger partial charge in [0.25, 0.3) is 6.01 Å². The van der Waals surface area contributed by atoms with Crippen LogP contribution in [-0.4, -0.2) is 37.3 Å². The van der Waals surface area contributed by atoms with Crippen LogP contribution in [0.25, 0.3) is 22.2 Å². The summed E-state index contributed by atoms with van der Waals surface area (Å²) in [6.07, 6.45) is 2.01. The molecule has 0 radical (unpaired) electrons. The van der Waals surface area contributed by atoms with Gasteiger partial charge in [0.1, 0.15) is 22.8 Å². The van der Waals surface area contributed by atoms with E-state index in [1.807, 2.05) is 38.1 Å². The molecule has 6 nitrogen and oxygen atoms in total. The molecule has 2 heterocycles. The van der Waals surface area contributed by atoms with Crippen LogP contribution in [0.2, 0.25) is 0 Å². The van der Waals surface area contributed by atoms with Gasteiger partial charge < -0.3 is 24.1 Å². The highest BCUT2D eigenvalue weighted by molar-refractivity contribution is 5.78. The Kier molecular flexibility index (Phi) is 7.37. The number of fused-ring (bicyclic) bond motifs is 1. The standard InChI is InChI=1S/C29H32FN3O3/c1-3-34-26-17-20(18-27(35-4-2)28(26)21-9-11-22(30)12-10-21)19-33(23-13-15-31-16-14-23)29-32-24-7-5-6-8-25(24)36-29/h5-12,17-18,23,31H,3-4,13-16,19H2,1-2H3. The number of piperidine rings is 1. The van der Waals surface area contributed by atoms with E-state index in [4.69, 9.17) is 18.9 Å². The van der Waals surface area contributed by atoms with Gasteiger partial charge in [-0.15, -0.1) is 0 Å². The van der Waals surface area contributed by atoms with E-state index < -0.39 is 0 Å². The van der Waals surface area contributed by atoms with Gasteiger partial charge in [-0.1, -0.05) is 24.3 Å². The average molecular weight is 490 g/mol. The summed E-state index contributed by atoms with van der Waals surface area (Å²) in [5.41, 5.74) is 4.35. The van der Waals surface area contributed by atoms with Gasteiger partial charge in [0.05, 0.1) is 18.8 Å². The molecule has 1 aliphatic rings. The summed E-state index contributed by atoms with van der Waals surface area (Å²) in [5.74, 6) is 1.16. The van der Waals surface area contributed by atoms with E-state index in [1.165, 1.54) is 12.1 Å². The molecule has 7 heteroatoms. The maximum Gasteiger partial charge on any atom is 0.298 e. The number of nitrogens with one attached hydrogen (secondary N) is 1. The second-order valence-corrected chi connectivity index (χ2v) is 8.91. The van der Waals surface area contributed by atoms with Crippen LogP contribution < -0.4 is 19.7 Å². The van der Waals surface area contributed by atoms with Crippen LogP contribution in [0, 0.1) is 5.82 Å². The van der Waals surface area contributed by atoms with Crippen LogP contribution in [0.3, 0.4) is 0 Å². The highest BCUT2D eigenvalue weighted by atomic mass is 19.1. The van der Waals surface area contributed by atoms with Gasteiger partial charge in [-0.2, -0.15) is 4.98 Å². The Morgan fingerprint density at radius 3 is 2.28 bits per heavy atom. The Bertz CT molecular complexity index is 1240. The molecule has 188 valence electrons. The summed E-state index contributed by atoms with van der Waals surface area (Å²) in [6.45, 7) is 7.45. The third-order valence-corrected chi connectivity index (χ3v) is 6.49. The maximum absolute atomic E-state index is 13.6. The van der Waals surface area contributed by atoms with Crippen molar-refractivity contribution in [3.63, 3.8) is 0 Å². The Hall–Kier alpha value is -3.58. The summed E-state index contributed by atoms with van der Waals surface area (Å²) >= 11 is 0.